The molecule has 182 valence electrons. The molecule has 0 heterocycles. The molecule has 0 aliphatic rings. The molecule has 0 N–H and O–H groups in total. The molecule has 0 aliphatic heterocycles. The van der Waals surface area contributed by atoms with Gasteiger partial charge < -0.3 is 18.6 Å². The van der Waals surface area contributed by atoms with Crippen LogP contribution in [0.5, 0.6) is 0 Å². The van der Waals surface area contributed by atoms with E-state index in [2.05, 4.69) is 85.2 Å². The smallest absolute Gasteiger partial charge is 0.308 e. The lowest BCUT2D eigenvalue weighted by Gasteiger charge is -2.45. The minimum absolute atomic E-state index is 0.109. The molecule has 7 heteroatoms. The van der Waals surface area contributed by atoms with E-state index in [0.717, 1.165) is 0 Å². The zero-order chi connectivity index (χ0) is 24.3. The number of rotatable bonds is 13. The molecule has 2 rings (SSSR count). The first-order chi connectivity index (χ1) is 15.8. The van der Waals surface area contributed by atoms with Crippen molar-refractivity contribution in [1.82, 2.24) is 0 Å². The van der Waals surface area contributed by atoms with Crippen LogP contribution in [0.25, 0.3) is 0 Å². The summed E-state index contributed by atoms with van der Waals surface area (Å²) < 4.78 is 23.3. The van der Waals surface area contributed by atoms with Gasteiger partial charge in [-0.2, -0.15) is 0 Å². The standard InChI is InChI=1S/C26H37BrO5Si/c1-6-30-25(28)18-21(31-20-29-5)17-22(19-27)32-33(26(2,3)4,23-13-9-7-10-14-23)24-15-11-8-12-16-24/h7-16,21-22H,6,17-20H2,1-5H3. The summed E-state index contributed by atoms with van der Waals surface area (Å²) in [5.74, 6) is -0.280. The van der Waals surface area contributed by atoms with Crippen molar-refractivity contribution in [3.8, 4) is 0 Å². The molecular formula is C26H37BrO5Si. The van der Waals surface area contributed by atoms with Crippen LogP contribution in [0.1, 0.15) is 40.5 Å². The maximum absolute atomic E-state index is 12.2. The van der Waals surface area contributed by atoms with E-state index >= 15 is 0 Å². The third kappa shape index (κ3) is 7.49. The molecule has 0 saturated heterocycles. The lowest BCUT2D eigenvalue weighted by molar-refractivity contribution is -0.150. The van der Waals surface area contributed by atoms with Crippen molar-refractivity contribution in [2.45, 2.75) is 57.8 Å². The topological polar surface area (TPSA) is 54.0 Å². The Balaban J connectivity index is 2.45. The third-order valence-corrected chi connectivity index (χ3v) is 11.4. The van der Waals surface area contributed by atoms with E-state index in [1.807, 2.05) is 12.1 Å². The number of alkyl halides is 1. The maximum Gasteiger partial charge on any atom is 0.308 e. The Morgan fingerprint density at radius 2 is 1.52 bits per heavy atom. The van der Waals surface area contributed by atoms with Crippen molar-refractivity contribution in [2.75, 3.05) is 25.8 Å². The van der Waals surface area contributed by atoms with Crippen LogP contribution >= 0.6 is 15.9 Å². The third-order valence-electron chi connectivity index (χ3n) is 5.58. The predicted octanol–water partition coefficient (Wildman–Crippen LogP) is 4.66. The van der Waals surface area contributed by atoms with Crippen LogP contribution in [0, 0.1) is 0 Å². The van der Waals surface area contributed by atoms with Gasteiger partial charge in [-0.05, 0) is 22.3 Å². The molecule has 0 aliphatic carbocycles. The SMILES string of the molecule is CCOC(=O)CC(CC(CBr)O[Si](c1ccccc1)(c1ccccc1)C(C)(C)C)OCOC. The summed E-state index contributed by atoms with van der Waals surface area (Å²) in [5, 5.41) is 2.91. The normalized spacial score (nSPS) is 14.0. The van der Waals surface area contributed by atoms with Crippen molar-refractivity contribution < 1.29 is 23.4 Å². The first-order valence-electron chi connectivity index (χ1n) is 11.4. The van der Waals surface area contributed by atoms with Gasteiger partial charge in [0.1, 0.15) is 6.79 Å². The fourth-order valence-electron chi connectivity index (χ4n) is 4.16. The average molecular weight is 538 g/mol. The highest BCUT2D eigenvalue weighted by atomic mass is 79.9. The Labute approximate surface area is 208 Å². The van der Waals surface area contributed by atoms with Gasteiger partial charge in [0.05, 0.1) is 25.2 Å². The molecule has 2 aromatic rings. The van der Waals surface area contributed by atoms with Gasteiger partial charge >= 0.3 is 5.97 Å². The van der Waals surface area contributed by atoms with E-state index in [-0.39, 0.29) is 36.4 Å². The number of esters is 1. The summed E-state index contributed by atoms with van der Waals surface area (Å²) in [7, 11) is -1.15. The second-order valence-corrected chi connectivity index (χ2v) is 13.9. The predicted molar refractivity (Wildman–Crippen MR) is 139 cm³/mol. The van der Waals surface area contributed by atoms with Crippen molar-refractivity contribution in [1.29, 1.82) is 0 Å². The molecule has 33 heavy (non-hydrogen) atoms. The number of hydrogen-bond donors (Lipinski definition) is 0. The van der Waals surface area contributed by atoms with E-state index < -0.39 is 8.32 Å². The first-order valence-corrected chi connectivity index (χ1v) is 14.4. The number of methoxy groups -OCH3 is 1. The number of halogens is 1. The monoisotopic (exact) mass is 536 g/mol. The Hall–Kier alpha value is -1.51. The molecule has 2 aromatic carbocycles. The molecule has 0 amide bonds. The van der Waals surface area contributed by atoms with Crippen LogP contribution in [-0.4, -0.2) is 52.3 Å². The van der Waals surface area contributed by atoms with Crippen LogP contribution in [0.3, 0.4) is 0 Å². The number of hydrogen-bond acceptors (Lipinski definition) is 5. The quantitative estimate of drug-likeness (QED) is 0.161. The van der Waals surface area contributed by atoms with E-state index in [1.165, 1.54) is 10.4 Å². The molecule has 0 saturated carbocycles. The van der Waals surface area contributed by atoms with Gasteiger partial charge in [0.25, 0.3) is 8.32 Å². The van der Waals surface area contributed by atoms with Crippen LogP contribution in [0.4, 0.5) is 0 Å². The van der Waals surface area contributed by atoms with Gasteiger partial charge in [0, 0.05) is 18.9 Å². The summed E-state index contributed by atoms with van der Waals surface area (Å²) in [5.41, 5.74) is 0. The summed E-state index contributed by atoms with van der Waals surface area (Å²) in [6, 6.07) is 21.1. The average Bonchev–Trinajstić information content (AvgIpc) is 2.80. The summed E-state index contributed by atoms with van der Waals surface area (Å²) in [6.45, 7) is 9.01. The number of carbonyl (C=O) groups is 1. The van der Waals surface area contributed by atoms with Gasteiger partial charge in [-0.25, -0.2) is 0 Å². The number of benzene rings is 2. The summed E-state index contributed by atoms with van der Waals surface area (Å²) in [4.78, 5) is 12.2. The minimum atomic E-state index is -2.72. The first kappa shape index (κ1) is 27.7. The number of carbonyl (C=O) groups excluding carboxylic acids is 1. The molecule has 0 aromatic heterocycles. The lowest BCUT2D eigenvalue weighted by Crippen LogP contribution is -2.68. The molecule has 5 nitrogen and oxygen atoms in total. The zero-order valence-electron chi connectivity index (χ0n) is 20.4. The van der Waals surface area contributed by atoms with Gasteiger partial charge in [-0.15, -0.1) is 0 Å². The molecule has 2 unspecified atom stereocenters. The lowest BCUT2D eigenvalue weighted by atomic mass is 10.1. The molecule has 0 fully saturated rings. The maximum atomic E-state index is 12.2. The van der Waals surface area contributed by atoms with Gasteiger partial charge in [-0.1, -0.05) is 97.4 Å². The van der Waals surface area contributed by atoms with Crippen molar-refractivity contribution in [2.24, 2.45) is 0 Å². The molecule has 0 spiro atoms. The zero-order valence-corrected chi connectivity index (χ0v) is 23.0. The van der Waals surface area contributed by atoms with Crippen LogP contribution in [0.15, 0.2) is 60.7 Å². The largest absolute Gasteiger partial charge is 0.466 e. The summed E-state index contributed by atoms with van der Waals surface area (Å²) >= 11 is 3.67. The fraction of sp³-hybridized carbons (Fsp3) is 0.500. The van der Waals surface area contributed by atoms with E-state index in [9.17, 15) is 4.79 Å². The Morgan fingerprint density at radius 3 is 1.94 bits per heavy atom. The molecule has 2 atom stereocenters. The van der Waals surface area contributed by atoms with E-state index in [0.29, 0.717) is 18.4 Å². The Bertz CT molecular complexity index is 786. The molecular weight excluding hydrogens is 500 g/mol. The van der Waals surface area contributed by atoms with Crippen molar-refractivity contribution in [3.05, 3.63) is 60.7 Å². The van der Waals surface area contributed by atoms with Gasteiger partial charge in [-0.3, -0.25) is 4.79 Å². The van der Waals surface area contributed by atoms with E-state index in [1.54, 1.807) is 14.0 Å². The second kappa shape index (κ2) is 13.4. The summed E-state index contributed by atoms with van der Waals surface area (Å²) in [6.07, 6.45) is 0.153. The van der Waals surface area contributed by atoms with Crippen LogP contribution < -0.4 is 10.4 Å². The molecule has 0 radical (unpaired) electrons. The second-order valence-electron chi connectivity index (χ2n) is 9.00. The fourth-order valence-corrected chi connectivity index (χ4v) is 9.49. The van der Waals surface area contributed by atoms with Crippen LogP contribution in [-0.2, 0) is 23.4 Å². The van der Waals surface area contributed by atoms with Crippen molar-refractivity contribution in [3.63, 3.8) is 0 Å². The Kier molecular flexibility index (Phi) is 11.3. The van der Waals surface area contributed by atoms with Crippen molar-refractivity contribution >= 4 is 40.6 Å². The highest BCUT2D eigenvalue weighted by molar-refractivity contribution is 9.09. The Morgan fingerprint density at radius 1 is 0.970 bits per heavy atom. The van der Waals surface area contributed by atoms with Crippen LogP contribution in [0.2, 0.25) is 5.04 Å². The molecule has 0 bridgehead atoms. The highest BCUT2D eigenvalue weighted by Gasteiger charge is 2.51. The highest BCUT2D eigenvalue weighted by Crippen LogP contribution is 2.38. The van der Waals surface area contributed by atoms with Gasteiger partial charge in [0.2, 0.25) is 0 Å². The minimum Gasteiger partial charge on any atom is -0.466 e. The van der Waals surface area contributed by atoms with E-state index in [4.69, 9.17) is 18.6 Å². The van der Waals surface area contributed by atoms with Gasteiger partial charge in [0.15, 0.2) is 0 Å². The number of ether oxygens (including phenoxy) is 3.